The van der Waals surface area contributed by atoms with Gasteiger partial charge in [-0.3, -0.25) is 4.79 Å². The first-order valence-electron chi connectivity index (χ1n) is 8.18. The molecule has 0 bridgehead atoms. The molecular weight excluding hydrogens is 340 g/mol. The number of carboxylic acid groups (broad SMARTS) is 1. The Kier molecular flexibility index (Phi) is 5.15. The van der Waals surface area contributed by atoms with Crippen molar-refractivity contribution in [3.05, 3.63) is 40.9 Å². The van der Waals surface area contributed by atoms with E-state index < -0.39 is 5.97 Å². The van der Waals surface area contributed by atoms with Gasteiger partial charge < -0.3 is 15.2 Å². The van der Waals surface area contributed by atoms with Crippen molar-refractivity contribution >= 4 is 23.2 Å². The third-order valence-electron chi connectivity index (χ3n) is 4.27. The number of ether oxygens (including phenoxy) is 1. The molecule has 1 heterocycles. The Labute approximate surface area is 149 Å². The zero-order valence-corrected chi connectivity index (χ0v) is 14.8. The molecule has 2 N–H and O–H groups in total. The molecular formula is C18H20N2O4S. The van der Waals surface area contributed by atoms with Crippen molar-refractivity contribution in [3.63, 3.8) is 0 Å². The molecule has 132 valence electrons. The van der Waals surface area contributed by atoms with E-state index in [2.05, 4.69) is 10.3 Å². The molecule has 0 aliphatic heterocycles. The van der Waals surface area contributed by atoms with Crippen LogP contribution in [0, 0.1) is 5.41 Å². The first kappa shape index (κ1) is 17.6. The monoisotopic (exact) mass is 360 g/mol. The topological polar surface area (TPSA) is 88.5 Å². The van der Waals surface area contributed by atoms with Gasteiger partial charge >= 0.3 is 5.97 Å². The second-order valence-electron chi connectivity index (χ2n) is 6.14. The molecule has 0 spiro atoms. The van der Waals surface area contributed by atoms with Crippen LogP contribution in [0.25, 0.3) is 10.6 Å². The number of amides is 1. The summed E-state index contributed by atoms with van der Waals surface area (Å²) in [5, 5.41) is 14.1. The van der Waals surface area contributed by atoms with E-state index in [0.29, 0.717) is 24.8 Å². The summed E-state index contributed by atoms with van der Waals surface area (Å²) in [6.07, 6.45) is 1.74. The smallest absolute Gasteiger partial charge is 0.355 e. The molecule has 0 atom stereocenters. The lowest BCUT2D eigenvalue weighted by atomic mass is 10.1. The summed E-state index contributed by atoms with van der Waals surface area (Å²) in [5.41, 5.74) is 1.49. The summed E-state index contributed by atoms with van der Waals surface area (Å²) in [5.74, 6) is -0.997. The van der Waals surface area contributed by atoms with Crippen molar-refractivity contribution in [2.45, 2.75) is 26.3 Å². The second-order valence-corrected chi connectivity index (χ2v) is 7.00. The lowest BCUT2D eigenvalue weighted by Crippen LogP contribution is -2.34. The number of nitrogens with zero attached hydrogens (tertiary/aromatic N) is 1. The maximum absolute atomic E-state index is 12.4. The predicted octanol–water partition coefficient (Wildman–Crippen LogP) is 2.94. The standard InChI is InChI=1S/C18H20N2O4S/c1-2-24-11-18(6-7-18)17(23)19-9-12-4-3-5-13(8-12)15-20-14(10-25-15)16(21)22/h3-5,8,10H,2,6-7,9,11H2,1H3,(H,19,23)(H,21,22). The SMILES string of the molecule is CCOCC1(C(=O)NCc2cccc(-c3nc(C(=O)O)cs3)c2)CC1. The minimum absolute atomic E-state index is 0.0359. The first-order valence-corrected chi connectivity index (χ1v) is 9.06. The van der Waals surface area contributed by atoms with Gasteiger partial charge in [0.1, 0.15) is 5.01 Å². The van der Waals surface area contributed by atoms with Crippen LogP contribution in [-0.4, -0.2) is 35.2 Å². The van der Waals surface area contributed by atoms with Crippen molar-refractivity contribution in [2.75, 3.05) is 13.2 Å². The summed E-state index contributed by atoms with van der Waals surface area (Å²) in [6, 6.07) is 7.61. The fourth-order valence-electron chi connectivity index (χ4n) is 2.57. The number of aromatic nitrogens is 1. The molecule has 1 aliphatic carbocycles. The summed E-state index contributed by atoms with van der Waals surface area (Å²) in [4.78, 5) is 27.4. The lowest BCUT2D eigenvalue weighted by molar-refractivity contribution is -0.128. The van der Waals surface area contributed by atoms with Gasteiger partial charge in [0.05, 0.1) is 12.0 Å². The second kappa shape index (κ2) is 7.33. The number of carbonyl (C=O) groups excluding carboxylic acids is 1. The number of carboxylic acids is 1. The van der Waals surface area contributed by atoms with Crippen LogP contribution < -0.4 is 5.32 Å². The highest BCUT2D eigenvalue weighted by Gasteiger charge is 2.49. The molecule has 3 rings (SSSR count). The Bertz CT molecular complexity index is 783. The van der Waals surface area contributed by atoms with E-state index in [4.69, 9.17) is 9.84 Å². The summed E-state index contributed by atoms with van der Waals surface area (Å²) in [7, 11) is 0. The van der Waals surface area contributed by atoms with Crippen LogP contribution in [0.3, 0.4) is 0 Å². The van der Waals surface area contributed by atoms with Crippen LogP contribution in [0.15, 0.2) is 29.6 Å². The Morgan fingerprint density at radius 2 is 2.20 bits per heavy atom. The van der Waals surface area contributed by atoms with E-state index >= 15 is 0 Å². The van der Waals surface area contributed by atoms with E-state index in [1.165, 1.54) is 16.7 Å². The van der Waals surface area contributed by atoms with Crippen molar-refractivity contribution in [1.82, 2.24) is 10.3 Å². The van der Waals surface area contributed by atoms with Crippen molar-refractivity contribution in [1.29, 1.82) is 0 Å². The van der Waals surface area contributed by atoms with E-state index in [0.717, 1.165) is 24.0 Å². The number of hydrogen-bond acceptors (Lipinski definition) is 5. The number of nitrogens with one attached hydrogen (secondary N) is 1. The molecule has 2 aromatic rings. The van der Waals surface area contributed by atoms with Gasteiger partial charge in [-0.2, -0.15) is 0 Å². The summed E-state index contributed by atoms with van der Waals surface area (Å²) < 4.78 is 5.42. The maximum Gasteiger partial charge on any atom is 0.355 e. The normalized spacial score (nSPS) is 14.9. The maximum atomic E-state index is 12.4. The van der Waals surface area contributed by atoms with E-state index in [1.54, 1.807) is 0 Å². The van der Waals surface area contributed by atoms with Gasteiger partial charge in [0.25, 0.3) is 0 Å². The van der Waals surface area contributed by atoms with Gasteiger partial charge in [0.2, 0.25) is 5.91 Å². The van der Waals surface area contributed by atoms with Crippen LogP contribution in [-0.2, 0) is 16.1 Å². The molecule has 25 heavy (non-hydrogen) atoms. The van der Waals surface area contributed by atoms with Gasteiger partial charge in [-0.05, 0) is 31.4 Å². The van der Waals surface area contributed by atoms with Crippen LogP contribution >= 0.6 is 11.3 Å². The Morgan fingerprint density at radius 1 is 1.40 bits per heavy atom. The van der Waals surface area contributed by atoms with Gasteiger partial charge in [-0.15, -0.1) is 11.3 Å². The highest BCUT2D eigenvalue weighted by Crippen LogP contribution is 2.46. The van der Waals surface area contributed by atoms with Gasteiger partial charge in [-0.1, -0.05) is 18.2 Å². The van der Waals surface area contributed by atoms with E-state index in [9.17, 15) is 9.59 Å². The molecule has 1 aromatic carbocycles. The third kappa shape index (κ3) is 4.05. The van der Waals surface area contributed by atoms with E-state index in [1.807, 2.05) is 31.2 Å². The molecule has 7 heteroatoms. The minimum atomic E-state index is -1.03. The third-order valence-corrected chi connectivity index (χ3v) is 5.16. The molecule has 0 radical (unpaired) electrons. The quantitative estimate of drug-likeness (QED) is 0.756. The molecule has 1 amide bonds. The zero-order valence-electron chi connectivity index (χ0n) is 13.9. The number of hydrogen-bond donors (Lipinski definition) is 2. The number of benzene rings is 1. The fraction of sp³-hybridized carbons (Fsp3) is 0.389. The molecule has 1 fully saturated rings. The van der Waals surface area contributed by atoms with Crippen molar-refractivity contribution in [3.8, 4) is 10.6 Å². The van der Waals surface area contributed by atoms with Crippen LogP contribution in [0.2, 0.25) is 0 Å². The largest absolute Gasteiger partial charge is 0.476 e. The Morgan fingerprint density at radius 3 is 2.84 bits per heavy atom. The minimum Gasteiger partial charge on any atom is -0.476 e. The lowest BCUT2D eigenvalue weighted by Gasteiger charge is -2.15. The van der Waals surface area contributed by atoms with Crippen LogP contribution in [0.5, 0.6) is 0 Å². The van der Waals surface area contributed by atoms with Gasteiger partial charge in [0, 0.05) is 24.1 Å². The highest BCUT2D eigenvalue weighted by atomic mass is 32.1. The Balaban J connectivity index is 1.64. The number of aromatic carboxylic acids is 1. The predicted molar refractivity (Wildman–Crippen MR) is 94.5 cm³/mol. The van der Waals surface area contributed by atoms with Gasteiger partial charge in [-0.25, -0.2) is 9.78 Å². The van der Waals surface area contributed by atoms with Crippen LogP contribution in [0.1, 0.15) is 35.8 Å². The molecule has 1 saturated carbocycles. The van der Waals surface area contributed by atoms with Crippen molar-refractivity contribution < 1.29 is 19.4 Å². The molecule has 0 saturated heterocycles. The molecule has 1 aromatic heterocycles. The van der Waals surface area contributed by atoms with Gasteiger partial charge in [0.15, 0.2) is 5.69 Å². The average molecular weight is 360 g/mol. The Hall–Kier alpha value is -2.25. The molecule has 0 unspecified atom stereocenters. The fourth-order valence-corrected chi connectivity index (χ4v) is 3.36. The first-order chi connectivity index (χ1) is 12.0. The number of rotatable bonds is 8. The summed E-state index contributed by atoms with van der Waals surface area (Å²) >= 11 is 1.29. The molecule has 6 nitrogen and oxygen atoms in total. The average Bonchev–Trinajstić information content (AvgIpc) is 3.24. The summed E-state index contributed by atoms with van der Waals surface area (Å²) in [6.45, 7) is 3.45. The van der Waals surface area contributed by atoms with Crippen LogP contribution in [0.4, 0.5) is 0 Å². The highest BCUT2D eigenvalue weighted by molar-refractivity contribution is 7.13. The molecule has 1 aliphatic rings. The van der Waals surface area contributed by atoms with Crippen molar-refractivity contribution in [2.24, 2.45) is 5.41 Å². The number of carbonyl (C=O) groups is 2. The number of thiazole rings is 1. The zero-order chi connectivity index (χ0) is 17.9. The van der Waals surface area contributed by atoms with E-state index in [-0.39, 0.29) is 17.0 Å².